The van der Waals surface area contributed by atoms with Crippen molar-refractivity contribution in [3.8, 4) is 34.5 Å². The van der Waals surface area contributed by atoms with E-state index in [2.05, 4.69) is 17.9 Å². The predicted molar refractivity (Wildman–Crippen MR) is 130 cm³/mol. The highest BCUT2D eigenvalue weighted by molar-refractivity contribution is 5.71. The summed E-state index contributed by atoms with van der Waals surface area (Å²) in [5.41, 5.74) is 4.35. The third-order valence-corrected chi connectivity index (χ3v) is 5.98. The Labute approximate surface area is 199 Å². The molecule has 0 radical (unpaired) electrons. The zero-order valence-corrected chi connectivity index (χ0v) is 19.3. The molecular formula is C29H27FO4. The topological polar surface area (TPSA) is 55.8 Å². The Morgan fingerprint density at radius 1 is 1.06 bits per heavy atom. The molecule has 3 aromatic carbocycles. The number of carboxylic acids is 1. The molecule has 5 heteroatoms. The van der Waals surface area contributed by atoms with Crippen molar-refractivity contribution in [3.63, 3.8) is 0 Å². The Morgan fingerprint density at radius 3 is 2.44 bits per heavy atom. The van der Waals surface area contributed by atoms with Crippen LogP contribution in [0.25, 0.3) is 11.1 Å². The summed E-state index contributed by atoms with van der Waals surface area (Å²) in [5, 5.41) is 9.12. The summed E-state index contributed by atoms with van der Waals surface area (Å²) < 4.78 is 26.0. The lowest BCUT2D eigenvalue weighted by atomic mass is 9.94. The number of ether oxygens (including phenoxy) is 2. The van der Waals surface area contributed by atoms with Crippen LogP contribution in [0, 0.1) is 17.7 Å². The Bertz CT molecular complexity index is 1230. The lowest BCUT2D eigenvalue weighted by molar-refractivity contribution is -0.137. The molecule has 0 saturated heterocycles. The van der Waals surface area contributed by atoms with E-state index in [9.17, 15) is 9.18 Å². The van der Waals surface area contributed by atoms with E-state index >= 15 is 0 Å². The van der Waals surface area contributed by atoms with Crippen LogP contribution in [0.1, 0.15) is 54.7 Å². The molecule has 4 nitrogen and oxygen atoms in total. The zero-order chi connectivity index (χ0) is 24.1. The summed E-state index contributed by atoms with van der Waals surface area (Å²) in [4.78, 5) is 11.1. The van der Waals surface area contributed by atoms with E-state index < -0.39 is 5.97 Å². The van der Waals surface area contributed by atoms with Gasteiger partial charge in [0.1, 0.15) is 23.9 Å². The van der Waals surface area contributed by atoms with E-state index in [-0.39, 0.29) is 18.2 Å². The monoisotopic (exact) mass is 458 g/mol. The SMILES string of the molecule is CC#CC(CC(=O)O)c1ccc(OCc2ccc(C3CC3)c(-c3cc(OC)ccc3F)c2)cc1. The first-order chi connectivity index (χ1) is 16.5. The van der Waals surface area contributed by atoms with E-state index in [1.54, 1.807) is 26.2 Å². The van der Waals surface area contributed by atoms with E-state index in [0.29, 0.717) is 29.6 Å². The number of carboxylic acid groups (broad SMARTS) is 1. The first kappa shape index (κ1) is 23.4. The number of methoxy groups -OCH3 is 1. The van der Waals surface area contributed by atoms with Gasteiger partial charge >= 0.3 is 5.97 Å². The molecule has 0 spiro atoms. The standard InChI is InChI=1S/C29H27FO4/c1-3-4-22(16-29(31)32)20-8-10-23(11-9-20)34-18-19-5-13-25(21-6-7-21)26(15-19)27-17-24(33-2)12-14-28(27)30/h5,8-15,17,21-22H,6-7,16,18H2,1-2H3,(H,31,32). The predicted octanol–water partition coefficient (Wildman–Crippen LogP) is 6.54. The fraction of sp³-hybridized carbons (Fsp3) is 0.276. The third-order valence-electron chi connectivity index (χ3n) is 5.98. The summed E-state index contributed by atoms with van der Waals surface area (Å²) in [6.45, 7) is 2.03. The number of halogens is 1. The van der Waals surface area contributed by atoms with Crippen LogP contribution in [-0.2, 0) is 11.4 Å². The van der Waals surface area contributed by atoms with Crippen molar-refractivity contribution in [1.82, 2.24) is 0 Å². The zero-order valence-electron chi connectivity index (χ0n) is 19.3. The molecule has 1 aliphatic rings. The second-order valence-corrected chi connectivity index (χ2v) is 8.44. The average molecular weight is 459 g/mol. The van der Waals surface area contributed by atoms with Gasteiger partial charge in [0.2, 0.25) is 0 Å². The first-order valence-electron chi connectivity index (χ1n) is 11.3. The second kappa shape index (κ2) is 10.4. The van der Waals surface area contributed by atoms with Gasteiger partial charge in [0.05, 0.1) is 19.4 Å². The average Bonchev–Trinajstić information content (AvgIpc) is 3.68. The fourth-order valence-electron chi connectivity index (χ4n) is 4.08. The molecule has 1 N–H and O–H groups in total. The van der Waals surface area contributed by atoms with Crippen LogP contribution in [0.5, 0.6) is 11.5 Å². The molecule has 4 rings (SSSR count). The maximum atomic E-state index is 14.7. The molecule has 1 unspecified atom stereocenters. The minimum atomic E-state index is -0.883. The van der Waals surface area contributed by atoms with E-state index in [0.717, 1.165) is 35.1 Å². The lowest BCUT2D eigenvalue weighted by Gasteiger charge is -2.15. The Hall–Kier alpha value is -3.78. The van der Waals surface area contributed by atoms with Crippen molar-refractivity contribution in [1.29, 1.82) is 0 Å². The third kappa shape index (κ3) is 5.58. The van der Waals surface area contributed by atoms with E-state index in [1.165, 1.54) is 6.07 Å². The highest BCUT2D eigenvalue weighted by Gasteiger charge is 2.27. The van der Waals surface area contributed by atoms with Crippen LogP contribution < -0.4 is 9.47 Å². The van der Waals surface area contributed by atoms with Crippen LogP contribution in [0.3, 0.4) is 0 Å². The summed E-state index contributed by atoms with van der Waals surface area (Å²) in [5.74, 6) is 5.99. The van der Waals surface area contributed by atoms with Crippen molar-refractivity contribution in [2.75, 3.05) is 7.11 Å². The van der Waals surface area contributed by atoms with Crippen molar-refractivity contribution >= 4 is 5.97 Å². The minimum Gasteiger partial charge on any atom is -0.497 e. The Kier molecular flexibility index (Phi) is 7.18. The Morgan fingerprint density at radius 2 is 1.79 bits per heavy atom. The number of hydrogen-bond acceptors (Lipinski definition) is 3. The summed E-state index contributed by atoms with van der Waals surface area (Å²) in [6, 6.07) is 18.3. The molecule has 3 aromatic rings. The van der Waals surface area contributed by atoms with Crippen molar-refractivity contribution in [3.05, 3.63) is 83.2 Å². The molecule has 0 bridgehead atoms. The Balaban J connectivity index is 1.53. The highest BCUT2D eigenvalue weighted by Crippen LogP contribution is 2.45. The maximum absolute atomic E-state index is 14.7. The van der Waals surface area contributed by atoms with Gasteiger partial charge in [-0.25, -0.2) is 4.39 Å². The maximum Gasteiger partial charge on any atom is 0.304 e. The molecule has 0 aliphatic heterocycles. The number of hydrogen-bond donors (Lipinski definition) is 1. The van der Waals surface area contributed by atoms with Gasteiger partial charge < -0.3 is 14.6 Å². The molecule has 1 aliphatic carbocycles. The van der Waals surface area contributed by atoms with Crippen LogP contribution in [0.15, 0.2) is 60.7 Å². The van der Waals surface area contributed by atoms with Crippen molar-refractivity contribution in [2.24, 2.45) is 0 Å². The van der Waals surface area contributed by atoms with Gasteiger partial charge in [0, 0.05) is 5.56 Å². The van der Waals surface area contributed by atoms with Crippen LogP contribution in [0.2, 0.25) is 0 Å². The first-order valence-corrected chi connectivity index (χ1v) is 11.3. The van der Waals surface area contributed by atoms with Crippen molar-refractivity contribution < 1.29 is 23.8 Å². The van der Waals surface area contributed by atoms with Crippen LogP contribution in [0.4, 0.5) is 4.39 Å². The molecule has 0 heterocycles. The second-order valence-electron chi connectivity index (χ2n) is 8.44. The largest absolute Gasteiger partial charge is 0.497 e. The fourth-order valence-corrected chi connectivity index (χ4v) is 4.08. The van der Waals surface area contributed by atoms with Gasteiger partial charge in [0.25, 0.3) is 0 Å². The number of rotatable bonds is 9. The molecule has 1 saturated carbocycles. The molecule has 0 amide bonds. The normalized spacial score (nSPS) is 13.5. The van der Waals surface area contributed by atoms with Gasteiger partial charge in [0.15, 0.2) is 0 Å². The quantitative estimate of drug-likeness (QED) is 0.370. The summed E-state index contributed by atoms with van der Waals surface area (Å²) >= 11 is 0. The highest BCUT2D eigenvalue weighted by atomic mass is 19.1. The minimum absolute atomic E-state index is 0.0437. The number of carbonyl (C=O) groups is 1. The van der Waals surface area contributed by atoms with Gasteiger partial charge in [-0.05, 0) is 84.3 Å². The van der Waals surface area contributed by atoms with Crippen LogP contribution in [-0.4, -0.2) is 18.2 Å². The summed E-state index contributed by atoms with van der Waals surface area (Å²) in [6.07, 6.45) is 2.19. The molecule has 1 atom stereocenters. The van der Waals surface area contributed by atoms with Gasteiger partial charge in [-0.1, -0.05) is 30.2 Å². The van der Waals surface area contributed by atoms with E-state index in [4.69, 9.17) is 14.6 Å². The lowest BCUT2D eigenvalue weighted by Crippen LogP contribution is -2.04. The summed E-state index contributed by atoms with van der Waals surface area (Å²) in [7, 11) is 1.58. The van der Waals surface area contributed by atoms with Gasteiger partial charge in [-0.2, -0.15) is 0 Å². The van der Waals surface area contributed by atoms with Crippen LogP contribution >= 0.6 is 0 Å². The van der Waals surface area contributed by atoms with Gasteiger partial charge in [-0.15, -0.1) is 5.92 Å². The smallest absolute Gasteiger partial charge is 0.304 e. The van der Waals surface area contributed by atoms with Gasteiger partial charge in [-0.3, -0.25) is 4.79 Å². The molecule has 0 aromatic heterocycles. The number of aliphatic carboxylic acids is 1. The van der Waals surface area contributed by atoms with Crippen molar-refractivity contribution in [2.45, 2.75) is 44.6 Å². The molecule has 174 valence electrons. The molecule has 34 heavy (non-hydrogen) atoms. The number of benzene rings is 3. The molecular weight excluding hydrogens is 431 g/mol. The molecule has 1 fully saturated rings. The van der Waals surface area contributed by atoms with E-state index in [1.807, 2.05) is 36.4 Å².